The Bertz CT molecular complexity index is 622. The second-order valence-electron chi connectivity index (χ2n) is 4.71. The maximum Gasteiger partial charge on any atom is 0.233 e. The van der Waals surface area contributed by atoms with E-state index in [1.165, 1.54) is 11.8 Å². The molecule has 0 spiro atoms. The van der Waals surface area contributed by atoms with Crippen molar-refractivity contribution < 1.29 is 9.21 Å². The minimum Gasteiger partial charge on any atom is -0.464 e. The Kier molecular flexibility index (Phi) is 5.03. The van der Waals surface area contributed by atoms with Crippen LogP contribution in [0, 0.1) is 6.92 Å². The molecule has 0 fully saturated rings. The third kappa shape index (κ3) is 3.85. The maximum absolute atomic E-state index is 12.1. The van der Waals surface area contributed by atoms with Gasteiger partial charge in [0.1, 0.15) is 17.3 Å². The smallest absolute Gasteiger partial charge is 0.233 e. The molecule has 2 rings (SSSR count). The van der Waals surface area contributed by atoms with Gasteiger partial charge in [0.2, 0.25) is 5.91 Å². The van der Waals surface area contributed by atoms with Crippen molar-refractivity contribution in [2.75, 3.05) is 12.8 Å². The van der Waals surface area contributed by atoms with Gasteiger partial charge < -0.3 is 19.6 Å². The number of rotatable bonds is 6. The first kappa shape index (κ1) is 15.6. The quantitative estimate of drug-likeness (QED) is 0.798. The van der Waals surface area contributed by atoms with E-state index < -0.39 is 0 Å². The molecule has 0 aromatic carbocycles. The van der Waals surface area contributed by atoms with Crippen molar-refractivity contribution >= 4 is 17.7 Å². The summed E-state index contributed by atoms with van der Waals surface area (Å²) >= 11 is 1.35. The highest BCUT2D eigenvalue weighted by Gasteiger charge is 2.14. The number of carbonyl (C=O) groups excluding carboxylic acids is 1. The highest BCUT2D eigenvalue weighted by molar-refractivity contribution is 7.99. The predicted molar refractivity (Wildman–Crippen MR) is 79.5 cm³/mol. The molecule has 0 bridgehead atoms. The molecule has 0 aliphatic heterocycles. The molecule has 2 aromatic heterocycles. The van der Waals surface area contributed by atoms with E-state index in [0.717, 1.165) is 11.5 Å². The SMILES string of the molecule is Cc1ccc(CN(C)C(=O)CSc2nnc(CN)n2C)o1. The first-order valence-corrected chi connectivity index (χ1v) is 7.50. The zero-order valence-electron chi connectivity index (χ0n) is 12.4. The van der Waals surface area contributed by atoms with E-state index in [1.807, 2.05) is 26.1 Å². The average Bonchev–Trinajstić information content (AvgIpc) is 3.02. The molecule has 0 atom stereocenters. The Morgan fingerprint density at radius 3 is 2.81 bits per heavy atom. The molecule has 0 unspecified atom stereocenters. The fourth-order valence-electron chi connectivity index (χ4n) is 1.78. The number of nitrogens with zero attached hydrogens (tertiary/aromatic N) is 4. The summed E-state index contributed by atoms with van der Waals surface area (Å²) in [6, 6.07) is 3.76. The Hall–Kier alpha value is -1.80. The number of aromatic nitrogens is 3. The molecule has 2 heterocycles. The minimum atomic E-state index is 0.00588. The van der Waals surface area contributed by atoms with Gasteiger partial charge in [-0.15, -0.1) is 10.2 Å². The van der Waals surface area contributed by atoms with E-state index in [4.69, 9.17) is 10.2 Å². The van der Waals surface area contributed by atoms with Crippen LogP contribution in [0.3, 0.4) is 0 Å². The molecule has 7 nitrogen and oxygen atoms in total. The molecule has 0 aliphatic carbocycles. The Balaban J connectivity index is 1.87. The molecular weight excluding hydrogens is 290 g/mol. The number of aryl methyl sites for hydroxylation is 1. The average molecular weight is 309 g/mol. The van der Waals surface area contributed by atoms with Gasteiger partial charge in [-0.1, -0.05) is 11.8 Å². The van der Waals surface area contributed by atoms with Gasteiger partial charge in [-0.25, -0.2) is 0 Å². The summed E-state index contributed by atoms with van der Waals surface area (Å²) in [7, 11) is 3.59. The molecule has 114 valence electrons. The van der Waals surface area contributed by atoms with Crippen LogP contribution >= 0.6 is 11.8 Å². The van der Waals surface area contributed by atoms with Crippen LogP contribution in [0.1, 0.15) is 17.3 Å². The van der Waals surface area contributed by atoms with Gasteiger partial charge in [0.25, 0.3) is 0 Å². The molecule has 0 radical (unpaired) electrons. The molecular formula is C13H19N5O2S. The molecule has 1 amide bonds. The summed E-state index contributed by atoms with van der Waals surface area (Å²) in [4.78, 5) is 13.7. The van der Waals surface area contributed by atoms with Crippen molar-refractivity contribution in [3.05, 3.63) is 29.5 Å². The maximum atomic E-state index is 12.1. The second-order valence-corrected chi connectivity index (χ2v) is 5.66. The van der Waals surface area contributed by atoms with Gasteiger partial charge in [0.05, 0.1) is 18.8 Å². The first-order valence-electron chi connectivity index (χ1n) is 6.51. The van der Waals surface area contributed by atoms with E-state index in [1.54, 1.807) is 16.5 Å². The van der Waals surface area contributed by atoms with Crippen LogP contribution in [0.2, 0.25) is 0 Å². The van der Waals surface area contributed by atoms with Crippen molar-refractivity contribution in [3.63, 3.8) is 0 Å². The van der Waals surface area contributed by atoms with Gasteiger partial charge in [0.15, 0.2) is 5.16 Å². The number of carbonyl (C=O) groups is 1. The zero-order chi connectivity index (χ0) is 15.4. The summed E-state index contributed by atoms with van der Waals surface area (Å²) in [6.45, 7) is 2.67. The molecule has 2 aromatic rings. The highest BCUT2D eigenvalue weighted by atomic mass is 32.2. The van der Waals surface area contributed by atoms with Crippen molar-refractivity contribution in [2.45, 2.75) is 25.2 Å². The number of nitrogens with two attached hydrogens (primary N) is 1. The van der Waals surface area contributed by atoms with Crippen LogP contribution in [-0.2, 0) is 24.9 Å². The van der Waals surface area contributed by atoms with Gasteiger partial charge in [-0.2, -0.15) is 0 Å². The highest BCUT2D eigenvalue weighted by Crippen LogP contribution is 2.16. The Morgan fingerprint density at radius 1 is 1.48 bits per heavy atom. The lowest BCUT2D eigenvalue weighted by atomic mass is 10.4. The number of furan rings is 1. The third-order valence-electron chi connectivity index (χ3n) is 3.05. The van der Waals surface area contributed by atoms with Crippen molar-refractivity contribution in [1.82, 2.24) is 19.7 Å². The van der Waals surface area contributed by atoms with E-state index >= 15 is 0 Å². The Labute approximate surface area is 127 Å². The Morgan fingerprint density at radius 2 is 2.24 bits per heavy atom. The van der Waals surface area contributed by atoms with E-state index in [-0.39, 0.29) is 5.91 Å². The number of hydrogen-bond acceptors (Lipinski definition) is 6. The van der Waals surface area contributed by atoms with Gasteiger partial charge in [-0.05, 0) is 19.1 Å². The lowest BCUT2D eigenvalue weighted by molar-refractivity contribution is -0.127. The largest absolute Gasteiger partial charge is 0.464 e. The van der Waals surface area contributed by atoms with Crippen LogP contribution in [-0.4, -0.2) is 38.4 Å². The fraction of sp³-hybridized carbons (Fsp3) is 0.462. The summed E-state index contributed by atoms with van der Waals surface area (Å²) in [5.41, 5.74) is 5.54. The van der Waals surface area contributed by atoms with Crippen LogP contribution in [0.5, 0.6) is 0 Å². The zero-order valence-corrected chi connectivity index (χ0v) is 13.2. The molecule has 0 saturated heterocycles. The molecule has 21 heavy (non-hydrogen) atoms. The predicted octanol–water partition coefficient (Wildman–Crippen LogP) is 0.926. The topological polar surface area (TPSA) is 90.2 Å². The molecule has 8 heteroatoms. The monoisotopic (exact) mass is 309 g/mol. The van der Waals surface area contributed by atoms with Crippen LogP contribution in [0.25, 0.3) is 0 Å². The first-order chi connectivity index (χ1) is 10.0. The lowest BCUT2D eigenvalue weighted by Crippen LogP contribution is -2.27. The lowest BCUT2D eigenvalue weighted by Gasteiger charge is -2.15. The van der Waals surface area contributed by atoms with E-state index in [2.05, 4.69) is 10.2 Å². The molecule has 0 aliphatic rings. The van der Waals surface area contributed by atoms with Gasteiger partial charge in [-0.3, -0.25) is 4.79 Å². The van der Waals surface area contributed by atoms with Crippen molar-refractivity contribution in [2.24, 2.45) is 12.8 Å². The van der Waals surface area contributed by atoms with Crippen molar-refractivity contribution in [1.29, 1.82) is 0 Å². The van der Waals surface area contributed by atoms with Crippen molar-refractivity contribution in [3.8, 4) is 0 Å². The summed E-state index contributed by atoms with van der Waals surface area (Å²) in [5, 5.41) is 8.65. The number of hydrogen-bond donors (Lipinski definition) is 1. The number of thioether (sulfide) groups is 1. The fourth-order valence-corrected chi connectivity index (χ4v) is 2.65. The summed E-state index contributed by atoms with van der Waals surface area (Å²) in [6.07, 6.45) is 0. The number of amides is 1. The summed E-state index contributed by atoms with van der Waals surface area (Å²) in [5.74, 6) is 2.62. The second kappa shape index (κ2) is 6.77. The van der Waals surface area contributed by atoms with Crippen LogP contribution in [0.4, 0.5) is 0 Å². The van der Waals surface area contributed by atoms with Crippen LogP contribution in [0.15, 0.2) is 21.7 Å². The third-order valence-corrected chi connectivity index (χ3v) is 4.05. The standard InChI is InChI=1S/C13H19N5O2S/c1-9-4-5-10(20-9)7-17(2)12(19)8-21-13-16-15-11(6-14)18(13)3/h4-5H,6-8,14H2,1-3H3. The normalized spacial score (nSPS) is 10.9. The molecule has 2 N–H and O–H groups in total. The minimum absolute atomic E-state index is 0.00588. The van der Waals surface area contributed by atoms with Gasteiger partial charge in [0, 0.05) is 14.1 Å². The molecule has 0 saturated carbocycles. The van der Waals surface area contributed by atoms with E-state index in [9.17, 15) is 4.79 Å². The summed E-state index contributed by atoms with van der Waals surface area (Å²) < 4.78 is 7.26. The van der Waals surface area contributed by atoms with E-state index in [0.29, 0.717) is 29.8 Å². The van der Waals surface area contributed by atoms with Gasteiger partial charge >= 0.3 is 0 Å². The van der Waals surface area contributed by atoms with Crippen LogP contribution < -0.4 is 5.73 Å².